The number of rotatable bonds is 4. The molecule has 2 rings (SSSR count). The molecule has 5 nitrogen and oxygen atoms in total. The van der Waals surface area contributed by atoms with Gasteiger partial charge in [-0.3, -0.25) is 0 Å². The Morgan fingerprint density at radius 3 is 2.94 bits per heavy atom. The van der Waals surface area contributed by atoms with Crippen molar-refractivity contribution in [3.8, 4) is 11.9 Å². The summed E-state index contributed by atoms with van der Waals surface area (Å²) >= 11 is 0. The van der Waals surface area contributed by atoms with E-state index < -0.39 is 0 Å². The number of ether oxygens (including phenoxy) is 2. The fourth-order valence-corrected chi connectivity index (χ4v) is 2.02. The highest BCUT2D eigenvalue weighted by Crippen LogP contribution is 2.30. The van der Waals surface area contributed by atoms with Crippen LogP contribution in [0.4, 0.5) is 0 Å². The topological polar surface area (TPSA) is 81.2 Å². The van der Waals surface area contributed by atoms with Crippen molar-refractivity contribution in [3.05, 3.63) is 23.9 Å². The molecule has 0 aliphatic carbocycles. The maximum Gasteiger partial charge on any atom is 0.231 e. The Balaban J connectivity index is 2.03. The van der Waals surface area contributed by atoms with Crippen LogP contribution in [0.3, 0.4) is 0 Å². The van der Waals surface area contributed by atoms with Gasteiger partial charge in [-0.05, 0) is 25.0 Å². The second-order valence-electron chi connectivity index (χ2n) is 4.57. The average molecular weight is 247 g/mol. The maximum absolute atomic E-state index is 8.96. The van der Waals surface area contributed by atoms with Crippen LogP contribution in [0.2, 0.25) is 0 Å². The molecule has 0 amide bonds. The zero-order chi connectivity index (χ0) is 12.8. The Labute approximate surface area is 107 Å². The van der Waals surface area contributed by atoms with Crippen molar-refractivity contribution >= 4 is 0 Å². The lowest BCUT2D eigenvalue weighted by atomic mass is 9.81. The fourth-order valence-electron chi connectivity index (χ4n) is 2.02. The highest BCUT2D eigenvalue weighted by Gasteiger charge is 2.32. The van der Waals surface area contributed by atoms with Crippen molar-refractivity contribution in [2.24, 2.45) is 11.1 Å². The van der Waals surface area contributed by atoms with E-state index in [9.17, 15) is 0 Å². The van der Waals surface area contributed by atoms with Gasteiger partial charge in [0, 0.05) is 31.4 Å². The minimum Gasteiger partial charge on any atom is -0.476 e. The zero-order valence-corrected chi connectivity index (χ0v) is 10.3. The third-order valence-electron chi connectivity index (χ3n) is 3.39. The first-order valence-electron chi connectivity index (χ1n) is 6.05. The molecular formula is C13H17N3O2. The largest absolute Gasteiger partial charge is 0.476 e. The van der Waals surface area contributed by atoms with E-state index in [-0.39, 0.29) is 5.41 Å². The first-order chi connectivity index (χ1) is 8.79. The first kappa shape index (κ1) is 12.8. The smallest absolute Gasteiger partial charge is 0.231 e. The molecule has 0 aromatic carbocycles. The van der Waals surface area contributed by atoms with Gasteiger partial charge >= 0.3 is 0 Å². The van der Waals surface area contributed by atoms with Gasteiger partial charge in [0.15, 0.2) is 0 Å². The van der Waals surface area contributed by atoms with E-state index in [2.05, 4.69) is 11.1 Å². The van der Waals surface area contributed by atoms with Gasteiger partial charge in [-0.15, -0.1) is 0 Å². The van der Waals surface area contributed by atoms with Gasteiger partial charge in [0.25, 0.3) is 0 Å². The molecular weight excluding hydrogens is 230 g/mol. The zero-order valence-electron chi connectivity index (χ0n) is 10.3. The molecule has 1 fully saturated rings. The highest BCUT2D eigenvalue weighted by molar-refractivity contribution is 5.37. The summed E-state index contributed by atoms with van der Waals surface area (Å²) in [5.41, 5.74) is 6.25. The molecule has 1 aromatic heterocycles. The predicted molar refractivity (Wildman–Crippen MR) is 66.0 cm³/mol. The van der Waals surface area contributed by atoms with Crippen LogP contribution in [0.1, 0.15) is 18.4 Å². The van der Waals surface area contributed by atoms with Crippen molar-refractivity contribution in [3.63, 3.8) is 0 Å². The molecule has 5 heteroatoms. The van der Waals surface area contributed by atoms with Crippen LogP contribution in [-0.2, 0) is 4.74 Å². The monoisotopic (exact) mass is 247 g/mol. The summed E-state index contributed by atoms with van der Waals surface area (Å²) in [6.45, 7) is 2.48. The van der Waals surface area contributed by atoms with Gasteiger partial charge in [0.1, 0.15) is 11.6 Å². The number of pyridine rings is 1. The normalized spacial score (nSPS) is 18.0. The standard InChI is InChI=1S/C13H17N3O2/c14-8-11-2-1-5-16-12(11)18-10-13(9-15)3-6-17-7-4-13/h1-2,5H,3-4,6-7,9-10,15H2. The van der Waals surface area contributed by atoms with Gasteiger partial charge in [-0.2, -0.15) is 5.26 Å². The molecule has 2 heterocycles. The van der Waals surface area contributed by atoms with Crippen LogP contribution in [-0.4, -0.2) is 31.3 Å². The van der Waals surface area contributed by atoms with Crippen LogP contribution in [0.15, 0.2) is 18.3 Å². The number of aromatic nitrogens is 1. The molecule has 18 heavy (non-hydrogen) atoms. The molecule has 0 saturated carbocycles. The van der Waals surface area contributed by atoms with Crippen molar-refractivity contribution in [1.82, 2.24) is 4.98 Å². The van der Waals surface area contributed by atoms with Crippen molar-refractivity contribution in [2.75, 3.05) is 26.4 Å². The van der Waals surface area contributed by atoms with Crippen molar-refractivity contribution in [1.29, 1.82) is 5.26 Å². The Hall–Kier alpha value is -1.64. The van der Waals surface area contributed by atoms with Crippen molar-refractivity contribution < 1.29 is 9.47 Å². The van der Waals surface area contributed by atoms with E-state index in [0.717, 1.165) is 12.8 Å². The van der Waals surface area contributed by atoms with E-state index in [0.29, 0.717) is 37.8 Å². The first-order valence-corrected chi connectivity index (χ1v) is 6.05. The van der Waals surface area contributed by atoms with Gasteiger partial charge in [0.2, 0.25) is 5.88 Å². The van der Waals surface area contributed by atoms with Crippen LogP contribution >= 0.6 is 0 Å². The average Bonchev–Trinajstić information content (AvgIpc) is 2.46. The molecule has 1 aliphatic rings. The Kier molecular flexibility index (Phi) is 4.13. The van der Waals surface area contributed by atoms with E-state index in [1.807, 2.05) is 0 Å². The molecule has 0 unspecified atom stereocenters. The number of hydrogen-bond acceptors (Lipinski definition) is 5. The maximum atomic E-state index is 8.96. The number of nitrogens with zero attached hydrogens (tertiary/aromatic N) is 2. The van der Waals surface area contributed by atoms with E-state index in [1.54, 1.807) is 18.3 Å². The summed E-state index contributed by atoms with van der Waals surface area (Å²) < 4.78 is 11.0. The number of nitrogens with two attached hydrogens (primary N) is 1. The summed E-state index contributed by atoms with van der Waals surface area (Å²) in [4.78, 5) is 4.08. The van der Waals surface area contributed by atoms with Crippen molar-refractivity contribution in [2.45, 2.75) is 12.8 Å². The molecule has 0 spiro atoms. The minimum atomic E-state index is -0.0531. The van der Waals surface area contributed by atoms with E-state index in [1.165, 1.54) is 0 Å². The Bertz CT molecular complexity index is 436. The summed E-state index contributed by atoms with van der Waals surface area (Å²) in [5.74, 6) is 0.388. The minimum absolute atomic E-state index is 0.0531. The lowest BCUT2D eigenvalue weighted by Crippen LogP contribution is -2.41. The Morgan fingerprint density at radius 2 is 2.28 bits per heavy atom. The predicted octanol–water partition coefficient (Wildman–Crippen LogP) is 1.09. The Morgan fingerprint density at radius 1 is 1.50 bits per heavy atom. The summed E-state index contributed by atoms with van der Waals surface area (Å²) in [6.07, 6.45) is 3.39. The molecule has 1 saturated heterocycles. The van der Waals surface area contributed by atoms with Crippen LogP contribution in [0, 0.1) is 16.7 Å². The molecule has 0 radical (unpaired) electrons. The highest BCUT2D eigenvalue weighted by atomic mass is 16.5. The molecule has 2 N–H and O–H groups in total. The lowest BCUT2D eigenvalue weighted by molar-refractivity contribution is -0.00587. The van der Waals surface area contributed by atoms with E-state index >= 15 is 0 Å². The van der Waals surface area contributed by atoms with Gasteiger partial charge in [0.05, 0.1) is 6.61 Å². The van der Waals surface area contributed by atoms with E-state index in [4.69, 9.17) is 20.5 Å². The second kappa shape index (κ2) is 5.80. The number of hydrogen-bond donors (Lipinski definition) is 1. The van der Waals surface area contributed by atoms with Gasteiger partial charge in [-0.1, -0.05) is 0 Å². The van der Waals surface area contributed by atoms with Crippen LogP contribution in [0.25, 0.3) is 0 Å². The SMILES string of the molecule is N#Cc1cccnc1OCC1(CN)CCOCC1. The lowest BCUT2D eigenvalue weighted by Gasteiger charge is -2.35. The van der Waals surface area contributed by atoms with Crippen LogP contribution < -0.4 is 10.5 Å². The molecule has 1 aromatic rings. The van der Waals surface area contributed by atoms with Gasteiger partial charge < -0.3 is 15.2 Å². The molecule has 96 valence electrons. The fraction of sp³-hybridized carbons (Fsp3) is 0.538. The molecule has 1 aliphatic heterocycles. The second-order valence-corrected chi connectivity index (χ2v) is 4.57. The quantitative estimate of drug-likeness (QED) is 0.861. The molecule has 0 atom stereocenters. The third kappa shape index (κ3) is 2.78. The third-order valence-corrected chi connectivity index (χ3v) is 3.39. The summed E-state index contributed by atoms with van der Waals surface area (Å²) in [6, 6.07) is 5.49. The van der Waals surface area contributed by atoms with Gasteiger partial charge in [-0.25, -0.2) is 4.98 Å². The number of nitriles is 1. The van der Waals surface area contributed by atoms with Crippen LogP contribution in [0.5, 0.6) is 5.88 Å². The molecule has 0 bridgehead atoms. The summed E-state index contributed by atoms with van der Waals surface area (Å²) in [7, 11) is 0. The summed E-state index contributed by atoms with van der Waals surface area (Å²) in [5, 5.41) is 8.96.